The van der Waals surface area contributed by atoms with Crippen LogP contribution < -0.4 is 11.1 Å². The Labute approximate surface area is 112 Å². The van der Waals surface area contributed by atoms with Gasteiger partial charge in [0.25, 0.3) is 0 Å². The van der Waals surface area contributed by atoms with E-state index in [0.717, 1.165) is 17.7 Å². The highest BCUT2D eigenvalue weighted by Crippen LogP contribution is 2.19. The lowest BCUT2D eigenvalue weighted by Crippen LogP contribution is -2.12. The molecule has 1 heterocycles. The van der Waals surface area contributed by atoms with Crippen LogP contribution in [0, 0.1) is 0 Å². The fourth-order valence-electron chi connectivity index (χ4n) is 1.71. The Morgan fingerprint density at radius 2 is 2.17 bits per heavy atom. The van der Waals surface area contributed by atoms with Crippen molar-refractivity contribution in [3.63, 3.8) is 0 Å². The number of anilines is 2. The van der Waals surface area contributed by atoms with E-state index in [1.54, 1.807) is 6.20 Å². The fourth-order valence-corrected chi connectivity index (χ4v) is 1.87. The molecule has 0 fully saturated rings. The number of aryl methyl sites for hydroxylation is 1. The summed E-state index contributed by atoms with van der Waals surface area (Å²) in [5, 5.41) is 3.25. The van der Waals surface area contributed by atoms with E-state index in [-0.39, 0.29) is 0 Å². The quantitative estimate of drug-likeness (QED) is 0.827. The predicted molar refractivity (Wildman–Crippen MR) is 79.2 cm³/mol. The van der Waals surface area contributed by atoms with Gasteiger partial charge in [0, 0.05) is 11.9 Å². The molecule has 3 nitrogen and oxygen atoms in total. The maximum Gasteiger partial charge on any atom is 0.140 e. The van der Waals surface area contributed by atoms with E-state index in [2.05, 4.69) is 29.4 Å². The first-order valence-corrected chi connectivity index (χ1v) is 6.22. The van der Waals surface area contributed by atoms with Gasteiger partial charge in [-0.05, 0) is 36.2 Å². The number of thiocarbonyl (C=S) groups is 1. The lowest BCUT2D eigenvalue weighted by molar-refractivity contribution is 1.14. The minimum absolute atomic E-state index is 0.345. The topological polar surface area (TPSA) is 50.9 Å². The van der Waals surface area contributed by atoms with Gasteiger partial charge in [0.1, 0.15) is 10.8 Å². The summed E-state index contributed by atoms with van der Waals surface area (Å²) in [6, 6.07) is 11.9. The molecule has 0 amide bonds. The van der Waals surface area contributed by atoms with E-state index < -0.39 is 0 Å². The van der Waals surface area contributed by atoms with Crippen LogP contribution >= 0.6 is 12.2 Å². The molecule has 0 aliphatic heterocycles. The van der Waals surface area contributed by atoms with E-state index in [0.29, 0.717) is 10.8 Å². The summed E-state index contributed by atoms with van der Waals surface area (Å²) in [4.78, 5) is 4.62. The first kappa shape index (κ1) is 12.5. The van der Waals surface area contributed by atoms with E-state index in [4.69, 9.17) is 18.0 Å². The predicted octanol–water partition coefficient (Wildman–Crippen LogP) is 3.02. The molecule has 0 unspecified atom stereocenters. The zero-order valence-electron chi connectivity index (χ0n) is 10.2. The van der Waals surface area contributed by atoms with Crippen LogP contribution in [0.2, 0.25) is 0 Å². The molecule has 0 atom stereocenters. The van der Waals surface area contributed by atoms with Gasteiger partial charge in [-0.15, -0.1) is 0 Å². The Bertz CT molecular complexity index is 566. The van der Waals surface area contributed by atoms with Crippen LogP contribution in [0.15, 0.2) is 42.6 Å². The molecule has 2 rings (SSSR count). The van der Waals surface area contributed by atoms with E-state index in [1.165, 1.54) is 5.56 Å². The average molecular weight is 257 g/mol. The maximum atomic E-state index is 5.68. The van der Waals surface area contributed by atoms with Crippen molar-refractivity contribution in [2.45, 2.75) is 13.3 Å². The van der Waals surface area contributed by atoms with Crippen LogP contribution in [-0.4, -0.2) is 9.97 Å². The monoisotopic (exact) mass is 257 g/mol. The van der Waals surface area contributed by atoms with Crippen molar-refractivity contribution in [3.8, 4) is 0 Å². The first-order valence-electron chi connectivity index (χ1n) is 5.81. The van der Waals surface area contributed by atoms with Gasteiger partial charge < -0.3 is 11.1 Å². The van der Waals surface area contributed by atoms with Crippen molar-refractivity contribution < 1.29 is 0 Å². The van der Waals surface area contributed by atoms with E-state index in [1.807, 2.05) is 24.3 Å². The molecule has 92 valence electrons. The van der Waals surface area contributed by atoms with Gasteiger partial charge in [0.05, 0.1) is 5.56 Å². The molecule has 1 aromatic heterocycles. The number of aromatic nitrogens is 1. The number of nitrogens with one attached hydrogen (secondary N) is 1. The molecule has 2 aromatic rings. The zero-order valence-corrected chi connectivity index (χ0v) is 11.0. The van der Waals surface area contributed by atoms with Gasteiger partial charge in [-0.1, -0.05) is 31.3 Å². The first-order chi connectivity index (χ1) is 8.70. The smallest absolute Gasteiger partial charge is 0.140 e. The number of hydrogen-bond donors (Lipinski definition) is 2. The van der Waals surface area contributed by atoms with Crippen molar-refractivity contribution in [2.24, 2.45) is 5.73 Å². The summed E-state index contributed by atoms with van der Waals surface area (Å²) < 4.78 is 0. The molecule has 0 aliphatic rings. The van der Waals surface area contributed by atoms with Crippen molar-refractivity contribution >= 4 is 28.7 Å². The largest absolute Gasteiger partial charge is 0.389 e. The van der Waals surface area contributed by atoms with Crippen LogP contribution in [0.4, 0.5) is 11.5 Å². The number of nitrogens with zero attached hydrogens (tertiary/aromatic N) is 1. The Kier molecular flexibility index (Phi) is 3.89. The highest BCUT2D eigenvalue weighted by Gasteiger charge is 2.06. The van der Waals surface area contributed by atoms with Crippen LogP contribution in [0.25, 0.3) is 0 Å². The number of nitrogens with two attached hydrogens (primary N) is 1. The fraction of sp³-hybridized carbons (Fsp3) is 0.143. The van der Waals surface area contributed by atoms with Gasteiger partial charge in [0.15, 0.2) is 0 Å². The molecule has 3 N–H and O–H groups in total. The third-order valence-electron chi connectivity index (χ3n) is 2.67. The summed E-state index contributed by atoms with van der Waals surface area (Å²) >= 11 is 5.01. The second-order valence-corrected chi connectivity index (χ2v) is 4.38. The van der Waals surface area contributed by atoms with Gasteiger partial charge in [0.2, 0.25) is 0 Å². The van der Waals surface area contributed by atoms with Crippen molar-refractivity contribution in [2.75, 3.05) is 5.32 Å². The third-order valence-corrected chi connectivity index (χ3v) is 2.89. The Morgan fingerprint density at radius 3 is 2.89 bits per heavy atom. The zero-order chi connectivity index (χ0) is 13.0. The molecule has 0 bridgehead atoms. The second kappa shape index (κ2) is 5.60. The number of pyridine rings is 1. The SMILES string of the molecule is CCc1cccc(Nc2ncccc2C(N)=S)c1. The highest BCUT2D eigenvalue weighted by atomic mass is 32.1. The van der Waals surface area contributed by atoms with Gasteiger partial charge in [-0.25, -0.2) is 4.98 Å². The molecule has 0 saturated heterocycles. The molecule has 1 aromatic carbocycles. The van der Waals surface area contributed by atoms with Gasteiger partial charge in [-0.2, -0.15) is 0 Å². The second-order valence-electron chi connectivity index (χ2n) is 3.94. The van der Waals surface area contributed by atoms with Crippen LogP contribution in [0.5, 0.6) is 0 Å². The van der Waals surface area contributed by atoms with Gasteiger partial charge in [-0.3, -0.25) is 0 Å². The molecule has 4 heteroatoms. The molecular weight excluding hydrogens is 242 g/mol. The number of hydrogen-bond acceptors (Lipinski definition) is 3. The van der Waals surface area contributed by atoms with Crippen molar-refractivity contribution in [3.05, 3.63) is 53.7 Å². The summed E-state index contributed by atoms with van der Waals surface area (Å²) in [6.07, 6.45) is 2.72. The standard InChI is InChI=1S/C14H15N3S/c1-2-10-5-3-6-11(9-10)17-14-12(13(15)18)7-4-8-16-14/h3-9H,2H2,1H3,(H2,15,18)(H,16,17). The molecule has 0 saturated carbocycles. The molecule has 0 aliphatic carbocycles. The van der Waals surface area contributed by atoms with Gasteiger partial charge >= 0.3 is 0 Å². The van der Waals surface area contributed by atoms with Crippen LogP contribution in [-0.2, 0) is 6.42 Å². The van der Waals surface area contributed by atoms with Crippen molar-refractivity contribution in [1.29, 1.82) is 0 Å². The number of rotatable bonds is 4. The third kappa shape index (κ3) is 2.84. The van der Waals surface area contributed by atoms with E-state index in [9.17, 15) is 0 Å². The summed E-state index contributed by atoms with van der Waals surface area (Å²) in [7, 11) is 0. The molecular formula is C14H15N3S. The minimum Gasteiger partial charge on any atom is -0.389 e. The lowest BCUT2D eigenvalue weighted by atomic mass is 10.1. The number of benzene rings is 1. The Hall–Kier alpha value is -1.94. The normalized spacial score (nSPS) is 10.1. The van der Waals surface area contributed by atoms with E-state index >= 15 is 0 Å². The van der Waals surface area contributed by atoms with Crippen molar-refractivity contribution in [1.82, 2.24) is 4.98 Å². The highest BCUT2D eigenvalue weighted by molar-refractivity contribution is 7.80. The lowest BCUT2D eigenvalue weighted by Gasteiger charge is -2.10. The molecule has 0 radical (unpaired) electrons. The Morgan fingerprint density at radius 1 is 1.33 bits per heavy atom. The van der Waals surface area contributed by atoms with Crippen LogP contribution in [0.1, 0.15) is 18.1 Å². The molecule has 18 heavy (non-hydrogen) atoms. The minimum atomic E-state index is 0.345. The average Bonchev–Trinajstić information content (AvgIpc) is 2.39. The summed E-state index contributed by atoms with van der Waals surface area (Å²) in [5.74, 6) is 0.693. The molecule has 0 spiro atoms. The summed E-state index contributed by atoms with van der Waals surface area (Å²) in [6.45, 7) is 2.13. The maximum absolute atomic E-state index is 5.68. The summed E-state index contributed by atoms with van der Waals surface area (Å²) in [5.41, 5.74) is 8.70. The Balaban J connectivity index is 2.31. The van der Waals surface area contributed by atoms with Crippen LogP contribution in [0.3, 0.4) is 0 Å².